The topological polar surface area (TPSA) is 78.5 Å². The third-order valence-electron chi connectivity index (χ3n) is 5.59. The van der Waals surface area contributed by atoms with Crippen molar-refractivity contribution in [3.63, 3.8) is 0 Å². The zero-order valence-electron chi connectivity index (χ0n) is 18.0. The Balaban J connectivity index is 1.38. The molecule has 6 nitrogen and oxygen atoms in total. The SMILES string of the molecule is O=C(CN[C@@H](c1ccc(F)cc1)c1cccs1)Nc1ccc(S(=O)(=O)N2CCCCC2)cc1. The number of amides is 1. The summed E-state index contributed by atoms with van der Waals surface area (Å²) in [4.78, 5) is 13.8. The van der Waals surface area contributed by atoms with Gasteiger partial charge in [-0.15, -0.1) is 11.3 Å². The van der Waals surface area contributed by atoms with E-state index in [0.717, 1.165) is 29.7 Å². The predicted octanol–water partition coefficient (Wildman–Crippen LogP) is 4.38. The lowest BCUT2D eigenvalue weighted by atomic mass is 10.1. The number of carbonyl (C=O) groups is 1. The number of nitrogens with zero attached hydrogens (tertiary/aromatic N) is 1. The molecule has 2 aromatic carbocycles. The average molecular weight is 488 g/mol. The van der Waals surface area contributed by atoms with Gasteiger partial charge in [0.05, 0.1) is 17.5 Å². The van der Waals surface area contributed by atoms with Crippen LogP contribution in [0.15, 0.2) is 70.9 Å². The second-order valence-corrected chi connectivity index (χ2v) is 10.8. The highest BCUT2D eigenvalue weighted by atomic mass is 32.2. The molecule has 1 aliphatic heterocycles. The zero-order valence-corrected chi connectivity index (χ0v) is 19.7. The van der Waals surface area contributed by atoms with E-state index in [2.05, 4.69) is 10.6 Å². The maximum atomic E-state index is 13.3. The van der Waals surface area contributed by atoms with Gasteiger partial charge in [0.25, 0.3) is 0 Å². The molecule has 1 saturated heterocycles. The van der Waals surface area contributed by atoms with E-state index in [1.54, 1.807) is 35.6 Å². The molecule has 0 radical (unpaired) electrons. The van der Waals surface area contributed by atoms with Crippen molar-refractivity contribution in [2.24, 2.45) is 0 Å². The second-order valence-electron chi connectivity index (χ2n) is 7.92. The Bertz CT molecular complexity index is 1160. The third kappa shape index (κ3) is 5.86. The largest absolute Gasteiger partial charge is 0.325 e. The smallest absolute Gasteiger partial charge is 0.243 e. The van der Waals surface area contributed by atoms with Crippen molar-refractivity contribution < 1.29 is 17.6 Å². The molecule has 0 unspecified atom stereocenters. The van der Waals surface area contributed by atoms with E-state index >= 15 is 0 Å². The molecule has 33 heavy (non-hydrogen) atoms. The molecule has 2 heterocycles. The monoisotopic (exact) mass is 487 g/mol. The van der Waals surface area contributed by atoms with E-state index in [1.165, 1.54) is 28.6 Å². The number of halogens is 1. The third-order valence-corrected chi connectivity index (χ3v) is 8.44. The summed E-state index contributed by atoms with van der Waals surface area (Å²) in [6.45, 7) is 1.13. The molecule has 1 atom stereocenters. The Labute approximate surface area is 197 Å². The molecule has 4 rings (SSSR count). The van der Waals surface area contributed by atoms with Gasteiger partial charge in [-0.3, -0.25) is 10.1 Å². The van der Waals surface area contributed by atoms with Gasteiger partial charge in [-0.1, -0.05) is 24.6 Å². The van der Waals surface area contributed by atoms with Crippen molar-refractivity contribution in [3.05, 3.63) is 82.3 Å². The van der Waals surface area contributed by atoms with Crippen molar-refractivity contribution in [1.82, 2.24) is 9.62 Å². The van der Waals surface area contributed by atoms with Crippen molar-refractivity contribution in [2.75, 3.05) is 25.0 Å². The molecule has 9 heteroatoms. The number of piperidine rings is 1. The van der Waals surface area contributed by atoms with Crippen LogP contribution in [0.1, 0.15) is 35.7 Å². The number of hydrogen-bond donors (Lipinski definition) is 2. The normalized spacial score (nSPS) is 15.8. The maximum absolute atomic E-state index is 13.3. The van der Waals surface area contributed by atoms with Gasteiger partial charge in [0.15, 0.2) is 0 Å². The Kier molecular flexibility index (Phi) is 7.54. The van der Waals surface area contributed by atoms with Gasteiger partial charge in [-0.2, -0.15) is 4.31 Å². The summed E-state index contributed by atoms with van der Waals surface area (Å²) in [6.07, 6.45) is 2.81. The number of rotatable bonds is 8. The van der Waals surface area contributed by atoms with E-state index < -0.39 is 10.0 Å². The van der Waals surface area contributed by atoms with Crippen LogP contribution in [0.5, 0.6) is 0 Å². The molecule has 3 aromatic rings. The standard InChI is InChI=1S/C24H26FN3O3S2/c25-19-8-6-18(7-9-19)24(22-5-4-16-32-22)26-17-23(29)27-20-10-12-21(13-11-20)33(30,31)28-14-2-1-3-15-28/h4-13,16,24,26H,1-3,14-15,17H2,(H,27,29)/t24-/m0/s1. The van der Waals surface area contributed by atoms with Gasteiger partial charge in [0.2, 0.25) is 15.9 Å². The lowest BCUT2D eigenvalue weighted by molar-refractivity contribution is -0.115. The van der Waals surface area contributed by atoms with Gasteiger partial charge < -0.3 is 5.32 Å². The Morgan fingerprint density at radius 1 is 1.00 bits per heavy atom. The van der Waals surface area contributed by atoms with Gasteiger partial charge in [-0.25, -0.2) is 12.8 Å². The number of hydrogen-bond acceptors (Lipinski definition) is 5. The summed E-state index contributed by atoms with van der Waals surface area (Å²) in [7, 11) is -3.50. The minimum Gasteiger partial charge on any atom is -0.325 e. The molecule has 1 aromatic heterocycles. The summed E-state index contributed by atoms with van der Waals surface area (Å²) in [6, 6.07) is 16.1. The minimum atomic E-state index is -3.50. The average Bonchev–Trinajstić information content (AvgIpc) is 3.36. The highest BCUT2D eigenvalue weighted by Gasteiger charge is 2.25. The predicted molar refractivity (Wildman–Crippen MR) is 128 cm³/mol. The first-order chi connectivity index (χ1) is 15.9. The van der Waals surface area contributed by atoms with Crippen LogP contribution in [0, 0.1) is 5.82 Å². The van der Waals surface area contributed by atoms with Crippen LogP contribution in [-0.2, 0) is 14.8 Å². The molecular formula is C24H26FN3O3S2. The van der Waals surface area contributed by atoms with E-state index in [-0.39, 0.29) is 29.2 Å². The van der Waals surface area contributed by atoms with Gasteiger partial charge >= 0.3 is 0 Å². The number of nitrogens with one attached hydrogen (secondary N) is 2. The fourth-order valence-electron chi connectivity index (χ4n) is 3.86. The lowest BCUT2D eigenvalue weighted by Crippen LogP contribution is -2.35. The van der Waals surface area contributed by atoms with Crippen molar-refractivity contribution >= 4 is 33.0 Å². The fraction of sp³-hybridized carbons (Fsp3) is 0.292. The molecular weight excluding hydrogens is 461 g/mol. The first kappa shape index (κ1) is 23.6. The van der Waals surface area contributed by atoms with E-state index in [4.69, 9.17) is 0 Å². The summed E-state index contributed by atoms with van der Waals surface area (Å²) in [5, 5.41) is 7.98. The molecule has 1 aliphatic rings. The van der Waals surface area contributed by atoms with Crippen LogP contribution in [-0.4, -0.2) is 38.3 Å². The molecule has 0 saturated carbocycles. The number of carbonyl (C=O) groups excluding carboxylic acids is 1. The van der Waals surface area contributed by atoms with Crippen LogP contribution in [0.2, 0.25) is 0 Å². The summed E-state index contributed by atoms with van der Waals surface area (Å²) >= 11 is 1.55. The molecule has 2 N–H and O–H groups in total. The number of benzene rings is 2. The first-order valence-electron chi connectivity index (χ1n) is 10.9. The second kappa shape index (κ2) is 10.6. The quantitative estimate of drug-likeness (QED) is 0.494. The highest BCUT2D eigenvalue weighted by molar-refractivity contribution is 7.89. The Morgan fingerprint density at radius 3 is 2.33 bits per heavy atom. The minimum absolute atomic E-state index is 0.0355. The van der Waals surface area contributed by atoms with Crippen LogP contribution in [0.25, 0.3) is 0 Å². The fourth-order valence-corrected chi connectivity index (χ4v) is 6.20. The number of thiophene rings is 1. The molecule has 0 bridgehead atoms. The maximum Gasteiger partial charge on any atom is 0.243 e. The highest BCUT2D eigenvalue weighted by Crippen LogP contribution is 2.26. The zero-order chi connectivity index (χ0) is 23.3. The number of anilines is 1. The summed E-state index contributed by atoms with van der Waals surface area (Å²) < 4.78 is 40.4. The van der Waals surface area contributed by atoms with Crippen molar-refractivity contribution in [1.29, 1.82) is 0 Å². The van der Waals surface area contributed by atoms with E-state index in [9.17, 15) is 17.6 Å². The van der Waals surface area contributed by atoms with Gasteiger partial charge in [0, 0.05) is 23.7 Å². The van der Waals surface area contributed by atoms with Crippen molar-refractivity contribution in [3.8, 4) is 0 Å². The number of sulfonamides is 1. The van der Waals surface area contributed by atoms with Crippen LogP contribution in [0.3, 0.4) is 0 Å². The van der Waals surface area contributed by atoms with E-state index in [1.807, 2.05) is 17.5 Å². The first-order valence-corrected chi connectivity index (χ1v) is 13.2. The van der Waals surface area contributed by atoms with Crippen molar-refractivity contribution in [2.45, 2.75) is 30.2 Å². The molecule has 1 fully saturated rings. The van der Waals surface area contributed by atoms with E-state index in [0.29, 0.717) is 18.8 Å². The van der Waals surface area contributed by atoms with Crippen LogP contribution in [0.4, 0.5) is 10.1 Å². The molecule has 0 spiro atoms. The molecule has 0 aliphatic carbocycles. The Morgan fingerprint density at radius 2 is 1.70 bits per heavy atom. The van der Waals surface area contributed by atoms with Gasteiger partial charge in [0.1, 0.15) is 5.82 Å². The summed E-state index contributed by atoms with van der Waals surface area (Å²) in [5.41, 5.74) is 1.38. The molecule has 174 valence electrons. The summed E-state index contributed by atoms with van der Waals surface area (Å²) in [5.74, 6) is -0.572. The lowest BCUT2D eigenvalue weighted by Gasteiger charge is -2.25. The Hall–Kier alpha value is -2.59. The van der Waals surface area contributed by atoms with Gasteiger partial charge in [-0.05, 0) is 66.2 Å². The van der Waals surface area contributed by atoms with Crippen LogP contribution < -0.4 is 10.6 Å². The molecule has 1 amide bonds. The van der Waals surface area contributed by atoms with Crippen LogP contribution >= 0.6 is 11.3 Å².